The van der Waals surface area contributed by atoms with Crippen molar-refractivity contribution < 1.29 is 14.7 Å². The van der Waals surface area contributed by atoms with Gasteiger partial charge in [0.2, 0.25) is 0 Å². The van der Waals surface area contributed by atoms with E-state index in [1.807, 2.05) is 6.08 Å². The van der Waals surface area contributed by atoms with Crippen molar-refractivity contribution in [3.8, 4) is 0 Å². The van der Waals surface area contributed by atoms with Crippen LogP contribution in [0.1, 0.15) is 59.3 Å². The van der Waals surface area contributed by atoms with E-state index < -0.39 is 6.10 Å². The van der Waals surface area contributed by atoms with E-state index in [2.05, 4.69) is 29.8 Å². The van der Waals surface area contributed by atoms with Gasteiger partial charge in [-0.05, 0) is 73.7 Å². The van der Waals surface area contributed by atoms with Gasteiger partial charge in [0.15, 0.2) is 5.78 Å². The lowest BCUT2D eigenvalue weighted by atomic mass is 9.46. The highest BCUT2D eigenvalue weighted by Crippen LogP contribution is 2.67. The number of carbonyl (C=O) groups is 2. The van der Waals surface area contributed by atoms with Gasteiger partial charge in [-0.2, -0.15) is 0 Å². The third-order valence-electron chi connectivity index (χ3n) is 8.49. The van der Waals surface area contributed by atoms with E-state index in [1.54, 1.807) is 6.92 Å². The summed E-state index contributed by atoms with van der Waals surface area (Å²) >= 11 is 3.85. The van der Waals surface area contributed by atoms with Crippen LogP contribution in [0.4, 0.5) is 0 Å². The third-order valence-corrected chi connectivity index (χ3v) is 10.0. The summed E-state index contributed by atoms with van der Waals surface area (Å²) in [7, 11) is 0. The first-order valence-electron chi connectivity index (χ1n) is 9.77. The van der Waals surface area contributed by atoms with Crippen LogP contribution in [-0.4, -0.2) is 27.6 Å². The second-order valence-electron chi connectivity index (χ2n) is 9.39. The van der Waals surface area contributed by atoms with Crippen LogP contribution >= 0.6 is 15.9 Å². The van der Waals surface area contributed by atoms with E-state index in [9.17, 15) is 14.7 Å². The summed E-state index contributed by atoms with van der Waals surface area (Å²) in [6.07, 6.45) is 6.92. The van der Waals surface area contributed by atoms with Crippen LogP contribution in [-0.2, 0) is 9.59 Å². The molecule has 0 radical (unpaired) electrons. The average Bonchev–Trinajstić information content (AvgIpc) is 2.91. The molecule has 0 aromatic heterocycles. The average molecular weight is 409 g/mol. The Morgan fingerprint density at radius 3 is 2.64 bits per heavy atom. The Bertz CT molecular complexity index is 656. The first-order chi connectivity index (χ1) is 11.7. The number of carbonyl (C=O) groups excluding carboxylic acids is 2. The number of aliphatic hydroxyl groups excluding tert-OH is 1. The fourth-order valence-corrected chi connectivity index (χ4v) is 8.25. The molecule has 0 unspecified atom stereocenters. The highest BCUT2D eigenvalue weighted by Gasteiger charge is 2.66. The summed E-state index contributed by atoms with van der Waals surface area (Å²) in [5, 5.41) is 11.4. The highest BCUT2D eigenvalue weighted by molar-refractivity contribution is 9.09. The van der Waals surface area contributed by atoms with Gasteiger partial charge >= 0.3 is 0 Å². The summed E-state index contributed by atoms with van der Waals surface area (Å²) in [4.78, 5) is 24.2. The normalized spacial score (nSPS) is 52.0. The molecule has 138 valence electrons. The molecule has 0 aliphatic heterocycles. The van der Waals surface area contributed by atoms with Gasteiger partial charge in [-0.15, -0.1) is 0 Å². The molecule has 0 spiro atoms. The van der Waals surface area contributed by atoms with Gasteiger partial charge in [-0.3, -0.25) is 9.59 Å². The van der Waals surface area contributed by atoms with Crippen molar-refractivity contribution in [3.05, 3.63) is 11.6 Å². The molecule has 4 aliphatic carbocycles. The van der Waals surface area contributed by atoms with Crippen molar-refractivity contribution >= 4 is 27.5 Å². The highest BCUT2D eigenvalue weighted by atomic mass is 79.9. The van der Waals surface area contributed by atoms with E-state index in [4.69, 9.17) is 0 Å². The number of ketones is 2. The van der Waals surface area contributed by atoms with Crippen molar-refractivity contribution in [1.82, 2.24) is 0 Å². The van der Waals surface area contributed by atoms with Crippen molar-refractivity contribution in [2.45, 2.75) is 70.2 Å². The van der Waals surface area contributed by atoms with Crippen molar-refractivity contribution in [1.29, 1.82) is 0 Å². The predicted molar refractivity (Wildman–Crippen MR) is 100 cm³/mol. The van der Waals surface area contributed by atoms with Gasteiger partial charge in [0.1, 0.15) is 5.78 Å². The van der Waals surface area contributed by atoms with Crippen LogP contribution in [0.15, 0.2) is 11.6 Å². The second kappa shape index (κ2) is 5.76. The Balaban J connectivity index is 1.77. The molecule has 1 N–H and O–H groups in total. The number of halogens is 1. The monoisotopic (exact) mass is 408 g/mol. The number of aliphatic hydroxyl groups is 1. The fourth-order valence-electron chi connectivity index (χ4n) is 7.26. The molecule has 4 aliphatic rings. The maximum Gasteiger partial charge on any atom is 0.155 e. The first kappa shape index (κ1) is 17.9. The van der Waals surface area contributed by atoms with E-state index in [1.165, 1.54) is 5.57 Å². The minimum atomic E-state index is -0.465. The molecule has 25 heavy (non-hydrogen) atoms. The maximum absolute atomic E-state index is 12.3. The summed E-state index contributed by atoms with van der Waals surface area (Å²) in [6.45, 7) is 6.21. The minimum Gasteiger partial charge on any atom is -0.392 e. The number of fused-ring (bicyclic) bond motifs is 5. The molecule has 0 bridgehead atoms. The van der Waals surface area contributed by atoms with Crippen molar-refractivity contribution in [3.63, 3.8) is 0 Å². The van der Waals surface area contributed by atoms with Crippen molar-refractivity contribution in [2.75, 3.05) is 0 Å². The van der Waals surface area contributed by atoms with Gasteiger partial charge < -0.3 is 5.11 Å². The smallest absolute Gasteiger partial charge is 0.155 e. The van der Waals surface area contributed by atoms with Gasteiger partial charge in [-0.25, -0.2) is 0 Å². The topological polar surface area (TPSA) is 54.4 Å². The molecule has 4 heteroatoms. The Morgan fingerprint density at radius 2 is 1.96 bits per heavy atom. The third kappa shape index (κ3) is 2.25. The molecule has 3 fully saturated rings. The van der Waals surface area contributed by atoms with Gasteiger partial charge in [0, 0.05) is 17.2 Å². The summed E-state index contributed by atoms with van der Waals surface area (Å²) in [5.41, 5.74) is 1.03. The van der Waals surface area contributed by atoms with Gasteiger partial charge in [0.25, 0.3) is 0 Å². The molecule has 0 aromatic rings. The number of hydrogen-bond donors (Lipinski definition) is 1. The Morgan fingerprint density at radius 1 is 1.24 bits per heavy atom. The number of rotatable bonds is 1. The lowest BCUT2D eigenvalue weighted by Gasteiger charge is -2.61. The zero-order valence-corrected chi connectivity index (χ0v) is 17.0. The van der Waals surface area contributed by atoms with Crippen LogP contribution in [0.5, 0.6) is 0 Å². The van der Waals surface area contributed by atoms with E-state index >= 15 is 0 Å². The van der Waals surface area contributed by atoms with Crippen LogP contribution in [0, 0.1) is 34.5 Å². The van der Waals surface area contributed by atoms with Gasteiger partial charge in [-0.1, -0.05) is 35.4 Å². The van der Waals surface area contributed by atoms with E-state index in [0.29, 0.717) is 18.3 Å². The molecule has 4 rings (SSSR count). The SMILES string of the molecule is CC(=O)[C@H]1CC[C@H]2[C@@H]3CCC4=CC(=O)CC[C@]4(C)[C@H]3[C@@H](O)[C@H](Br)[C@]12C. The zero-order chi connectivity index (χ0) is 18.1. The number of alkyl halides is 1. The van der Waals surface area contributed by atoms with E-state index in [-0.39, 0.29) is 39.1 Å². The zero-order valence-electron chi connectivity index (χ0n) is 15.4. The molecule has 8 atom stereocenters. The minimum absolute atomic E-state index is 0.0511. The number of hydrogen-bond acceptors (Lipinski definition) is 3. The number of allylic oxidation sites excluding steroid dienone is 1. The van der Waals surface area contributed by atoms with Crippen molar-refractivity contribution in [2.24, 2.45) is 34.5 Å². The Kier molecular flexibility index (Phi) is 4.12. The van der Waals surface area contributed by atoms with Crippen LogP contribution in [0.2, 0.25) is 0 Å². The van der Waals surface area contributed by atoms with Crippen LogP contribution in [0.25, 0.3) is 0 Å². The molecule has 0 heterocycles. The second-order valence-corrected chi connectivity index (χ2v) is 10.4. The largest absolute Gasteiger partial charge is 0.392 e. The lowest BCUT2D eigenvalue weighted by Crippen LogP contribution is -2.62. The predicted octanol–water partition coefficient (Wildman–Crippen LogP) is 4.07. The summed E-state index contributed by atoms with van der Waals surface area (Å²) in [5.74, 6) is 1.69. The van der Waals surface area contributed by atoms with Crippen LogP contribution < -0.4 is 0 Å². The maximum atomic E-state index is 12.3. The fraction of sp³-hybridized carbons (Fsp3) is 0.810. The molecule has 0 aromatic carbocycles. The molecular weight excluding hydrogens is 380 g/mol. The summed E-state index contributed by atoms with van der Waals surface area (Å²) < 4.78 is 0. The lowest BCUT2D eigenvalue weighted by molar-refractivity contribution is -0.140. The van der Waals surface area contributed by atoms with Crippen LogP contribution in [0.3, 0.4) is 0 Å². The number of Topliss-reactive ketones (excluding diaryl/α,β-unsaturated/α-hetero) is 1. The molecular formula is C21H29BrO3. The molecule has 0 saturated heterocycles. The first-order valence-corrected chi connectivity index (χ1v) is 10.7. The van der Waals surface area contributed by atoms with Gasteiger partial charge in [0.05, 0.1) is 6.10 Å². The molecule has 3 nitrogen and oxygen atoms in total. The quantitative estimate of drug-likeness (QED) is 0.665. The summed E-state index contributed by atoms with van der Waals surface area (Å²) in [6, 6.07) is 0. The Labute approximate surface area is 158 Å². The Hall–Kier alpha value is -0.480. The molecule has 0 amide bonds. The molecule has 3 saturated carbocycles. The standard InChI is InChI=1S/C21H29BrO3/c1-11(23)15-6-7-16-14-5-4-12-10-13(24)8-9-20(12,2)17(14)18(25)19(22)21(15,16)3/h10,14-19,25H,4-9H2,1-3H3/t14-,15+,16-,17+,18+,19-,20-,21+/m0/s1. The van der Waals surface area contributed by atoms with E-state index in [0.717, 1.165) is 32.1 Å².